The molecule has 0 aliphatic heterocycles. The Morgan fingerprint density at radius 2 is 2.33 bits per heavy atom. The fourth-order valence-electron chi connectivity index (χ4n) is 2.08. The van der Waals surface area contributed by atoms with Crippen molar-refractivity contribution in [2.75, 3.05) is 13.7 Å². The third kappa shape index (κ3) is 3.05. The molecule has 0 aliphatic rings. The van der Waals surface area contributed by atoms with E-state index < -0.39 is 0 Å². The molecule has 0 fully saturated rings. The number of carbonyl (C=O) groups is 1. The maximum absolute atomic E-state index is 11.8. The van der Waals surface area contributed by atoms with E-state index in [0.29, 0.717) is 13.0 Å². The molecule has 2 N–H and O–H groups in total. The van der Waals surface area contributed by atoms with Gasteiger partial charge in [-0.15, -0.1) is 11.3 Å². The van der Waals surface area contributed by atoms with Crippen LogP contribution in [-0.4, -0.2) is 29.5 Å². The fourth-order valence-corrected chi connectivity index (χ4v) is 2.72. The third-order valence-electron chi connectivity index (χ3n) is 3.13. The van der Waals surface area contributed by atoms with Crippen LogP contribution < -0.4 is 10.1 Å². The van der Waals surface area contributed by atoms with Crippen LogP contribution in [0.5, 0.6) is 5.75 Å². The lowest BCUT2D eigenvalue weighted by molar-refractivity contribution is 0.0958. The number of hydrogen-bond donors (Lipinski definition) is 2. The number of benzene rings is 1. The van der Waals surface area contributed by atoms with Gasteiger partial charge in [0.1, 0.15) is 11.6 Å². The molecule has 0 bridgehead atoms. The zero-order valence-electron chi connectivity index (χ0n) is 11.6. The van der Waals surface area contributed by atoms with Crippen LogP contribution in [0, 0.1) is 0 Å². The molecule has 2 heterocycles. The van der Waals surface area contributed by atoms with E-state index >= 15 is 0 Å². The van der Waals surface area contributed by atoms with Crippen LogP contribution in [0.3, 0.4) is 0 Å². The van der Waals surface area contributed by atoms with Gasteiger partial charge in [0, 0.05) is 19.0 Å². The molecule has 1 aromatic carbocycles. The van der Waals surface area contributed by atoms with Crippen molar-refractivity contribution in [2.24, 2.45) is 0 Å². The van der Waals surface area contributed by atoms with Crippen LogP contribution in [0.25, 0.3) is 11.0 Å². The Hall–Kier alpha value is -2.34. The molecule has 1 amide bonds. The molecule has 108 valence electrons. The minimum atomic E-state index is -0.0391. The summed E-state index contributed by atoms with van der Waals surface area (Å²) in [6, 6.07) is 9.39. The molecule has 0 atom stereocenters. The molecule has 2 aromatic heterocycles. The van der Waals surface area contributed by atoms with E-state index in [2.05, 4.69) is 15.3 Å². The first kappa shape index (κ1) is 13.6. The van der Waals surface area contributed by atoms with Gasteiger partial charge in [0.25, 0.3) is 5.91 Å². The van der Waals surface area contributed by atoms with Crippen LogP contribution in [0.4, 0.5) is 0 Å². The number of nitrogens with zero attached hydrogens (tertiary/aromatic N) is 1. The van der Waals surface area contributed by atoms with Crippen molar-refractivity contribution < 1.29 is 9.53 Å². The SMILES string of the molecule is COc1ccc2nc(CCNC(=O)c3cccs3)[nH]c2c1. The van der Waals surface area contributed by atoms with E-state index in [-0.39, 0.29) is 5.91 Å². The number of carbonyl (C=O) groups excluding carboxylic acids is 1. The first-order chi connectivity index (χ1) is 10.3. The van der Waals surface area contributed by atoms with Gasteiger partial charge in [0.05, 0.1) is 23.0 Å². The molecule has 0 radical (unpaired) electrons. The number of imidazole rings is 1. The van der Waals surface area contributed by atoms with Crippen molar-refractivity contribution in [2.45, 2.75) is 6.42 Å². The standard InChI is InChI=1S/C15H15N3O2S/c1-20-10-4-5-11-12(9-10)18-14(17-11)6-7-16-15(19)13-3-2-8-21-13/h2-5,8-9H,6-7H2,1H3,(H,16,19)(H,17,18). The summed E-state index contributed by atoms with van der Waals surface area (Å²) in [6.45, 7) is 0.549. The molecule has 0 unspecified atom stereocenters. The lowest BCUT2D eigenvalue weighted by atomic mass is 10.3. The predicted octanol–water partition coefficient (Wildman–Crippen LogP) is 2.61. The van der Waals surface area contributed by atoms with Crippen LogP contribution in [-0.2, 0) is 6.42 Å². The monoisotopic (exact) mass is 301 g/mol. The quantitative estimate of drug-likeness (QED) is 0.761. The predicted molar refractivity (Wildman–Crippen MR) is 83.0 cm³/mol. The zero-order valence-corrected chi connectivity index (χ0v) is 12.4. The van der Waals surface area contributed by atoms with Crippen molar-refractivity contribution in [3.8, 4) is 5.75 Å². The summed E-state index contributed by atoms with van der Waals surface area (Å²) in [5, 5.41) is 4.78. The Bertz CT molecular complexity index is 749. The van der Waals surface area contributed by atoms with Crippen molar-refractivity contribution >= 4 is 28.3 Å². The number of methoxy groups -OCH3 is 1. The number of amides is 1. The smallest absolute Gasteiger partial charge is 0.261 e. The van der Waals surface area contributed by atoms with Crippen molar-refractivity contribution in [3.05, 3.63) is 46.4 Å². The summed E-state index contributed by atoms with van der Waals surface area (Å²) in [6.07, 6.45) is 0.661. The first-order valence-electron chi connectivity index (χ1n) is 6.60. The van der Waals surface area contributed by atoms with Crippen LogP contribution in [0.2, 0.25) is 0 Å². The van der Waals surface area contributed by atoms with Crippen LogP contribution in [0.15, 0.2) is 35.7 Å². The van der Waals surface area contributed by atoms with Gasteiger partial charge in [0.2, 0.25) is 0 Å². The minimum Gasteiger partial charge on any atom is -0.497 e. The number of rotatable bonds is 5. The Morgan fingerprint density at radius 1 is 1.43 bits per heavy atom. The summed E-state index contributed by atoms with van der Waals surface area (Å²) in [7, 11) is 1.64. The molecule has 0 saturated carbocycles. The maximum atomic E-state index is 11.8. The first-order valence-corrected chi connectivity index (χ1v) is 7.48. The van der Waals surface area contributed by atoms with Gasteiger partial charge >= 0.3 is 0 Å². The normalized spacial score (nSPS) is 10.7. The summed E-state index contributed by atoms with van der Waals surface area (Å²) < 4.78 is 5.18. The molecule has 5 nitrogen and oxygen atoms in total. The largest absolute Gasteiger partial charge is 0.497 e. The van der Waals surface area contributed by atoms with Gasteiger partial charge < -0.3 is 15.0 Å². The van der Waals surface area contributed by atoms with E-state index in [4.69, 9.17) is 4.74 Å². The van der Waals surface area contributed by atoms with Crippen molar-refractivity contribution in [3.63, 3.8) is 0 Å². The van der Waals surface area contributed by atoms with Crippen LogP contribution >= 0.6 is 11.3 Å². The number of aromatic nitrogens is 2. The summed E-state index contributed by atoms with van der Waals surface area (Å²) in [4.78, 5) is 20.3. The molecular formula is C15H15N3O2S. The number of aromatic amines is 1. The molecule has 0 aliphatic carbocycles. The van der Waals surface area contributed by atoms with Gasteiger partial charge in [-0.25, -0.2) is 4.98 Å². The van der Waals surface area contributed by atoms with Gasteiger partial charge in [-0.3, -0.25) is 4.79 Å². The second kappa shape index (κ2) is 5.97. The lowest BCUT2D eigenvalue weighted by Gasteiger charge is -2.01. The number of H-pyrrole nitrogens is 1. The molecular weight excluding hydrogens is 286 g/mol. The van der Waals surface area contributed by atoms with E-state index in [0.717, 1.165) is 27.5 Å². The number of nitrogens with one attached hydrogen (secondary N) is 2. The fraction of sp³-hybridized carbons (Fsp3) is 0.200. The second-order valence-corrected chi connectivity index (χ2v) is 5.50. The lowest BCUT2D eigenvalue weighted by Crippen LogP contribution is -2.25. The highest BCUT2D eigenvalue weighted by atomic mass is 32.1. The van der Waals surface area contributed by atoms with E-state index in [1.54, 1.807) is 7.11 Å². The van der Waals surface area contributed by atoms with Gasteiger partial charge in [-0.2, -0.15) is 0 Å². The summed E-state index contributed by atoms with van der Waals surface area (Å²) >= 11 is 1.44. The highest BCUT2D eigenvalue weighted by Crippen LogP contribution is 2.18. The Morgan fingerprint density at radius 3 is 3.10 bits per heavy atom. The molecule has 6 heteroatoms. The minimum absolute atomic E-state index is 0.0391. The van der Waals surface area contributed by atoms with Gasteiger partial charge in [0.15, 0.2) is 0 Å². The van der Waals surface area contributed by atoms with Crippen LogP contribution in [0.1, 0.15) is 15.5 Å². The van der Waals surface area contributed by atoms with Gasteiger partial charge in [-0.1, -0.05) is 6.07 Å². The average Bonchev–Trinajstić information content (AvgIpc) is 3.15. The average molecular weight is 301 g/mol. The molecule has 0 saturated heterocycles. The highest BCUT2D eigenvalue weighted by molar-refractivity contribution is 7.12. The second-order valence-electron chi connectivity index (χ2n) is 4.55. The van der Waals surface area contributed by atoms with E-state index in [9.17, 15) is 4.79 Å². The Labute approximate surface area is 126 Å². The number of ether oxygens (including phenoxy) is 1. The maximum Gasteiger partial charge on any atom is 0.261 e. The number of thiophene rings is 1. The molecule has 0 spiro atoms. The molecule has 3 rings (SSSR count). The number of hydrogen-bond acceptors (Lipinski definition) is 4. The summed E-state index contributed by atoms with van der Waals surface area (Å²) in [5.74, 6) is 1.61. The number of fused-ring (bicyclic) bond motifs is 1. The topological polar surface area (TPSA) is 67.0 Å². The third-order valence-corrected chi connectivity index (χ3v) is 4.00. The van der Waals surface area contributed by atoms with E-state index in [1.807, 2.05) is 35.7 Å². The van der Waals surface area contributed by atoms with Crippen molar-refractivity contribution in [1.29, 1.82) is 0 Å². The van der Waals surface area contributed by atoms with Crippen molar-refractivity contribution in [1.82, 2.24) is 15.3 Å². The Kier molecular flexibility index (Phi) is 3.87. The van der Waals surface area contributed by atoms with Gasteiger partial charge in [-0.05, 0) is 23.6 Å². The molecule has 3 aromatic rings. The Balaban J connectivity index is 1.61. The summed E-state index contributed by atoms with van der Waals surface area (Å²) in [5.41, 5.74) is 1.84. The van der Waals surface area contributed by atoms with E-state index in [1.165, 1.54) is 11.3 Å². The zero-order chi connectivity index (χ0) is 14.7. The highest BCUT2D eigenvalue weighted by Gasteiger charge is 2.07. The molecule has 21 heavy (non-hydrogen) atoms.